The van der Waals surface area contributed by atoms with E-state index < -0.39 is 5.54 Å². The molecular weight excluding hydrogens is 290 g/mol. The van der Waals surface area contributed by atoms with Crippen molar-refractivity contribution in [1.29, 1.82) is 0 Å². The Kier molecular flexibility index (Phi) is 5.14. The van der Waals surface area contributed by atoms with E-state index in [4.69, 9.17) is 10.5 Å². The molecule has 23 heavy (non-hydrogen) atoms. The lowest BCUT2D eigenvalue weighted by Gasteiger charge is -2.57. The van der Waals surface area contributed by atoms with Crippen LogP contribution in [-0.2, 0) is 16.1 Å². The Morgan fingerprint density at radius 2 is 2.13 bits per heavy atom. The average molecular weight is 319 g/mol. The van der Waals surface area contributed by atoms with Crippen LogP contribution in [0.2, 0.25) is 0 Å². The van der Waals surface area contributed by atoms with Crippen molar-refractivity contribution in [1.82, 2.24) is 4.90 Å². The number of ether oxygens (including phenoxy) is 1. The molecule has 0 spiro atoms. The molecule has 2 unspecified atom stereocenters. The molecule has 1 aliphatic rings. The predicted molar refractivity (Wildman–Crippen MR) is 93.2 cm³/mol. The lowest BCUT2D eigenvalue weighted by Crippen LogP contribution is -2.74. The van der Waals surface area contributed by atoms with E-state index in [1.165, 1.54) is 0 Å². The highest BCUT2D eigenvalue weighted by molar-refractivity contribution is 5.99. The van der Waals surface area contributed by atoms with E-state index >= 15 is 0 Å². The molecular formula is C18H29N3O2. The van der Waals surface area contributed by atoms with Crippen LogP contribution in [0.15, 0.2) is 24.3 Å². The predicted octanol–water partition coefficient (Wildman–Crippen LogP) is 2.22. The first-order valence-electron chi connectivity index (χ1n) is 8.16. The van der Waals surface area contributed by atoms with Gasteiger partial charge in [0, 0.05) is 30.7 Å². The number of anilines is 1. The van der Waals surface area contributed by atoms with Crippen LogP contribution in [0.3, 0.4) is 0 Å². The molecule has 2 atom stereocenters. The smallest absolute Gasteiger partial charge is 0.245 e. The van der Waals surface area contributed by atoms with Crippen molar-refractivity contribution in [2.24, 2.45) is 11.1 Å². The molecule has 3 N–H and O–H groups in total. The lowest BCUT2D eigenvalue weighted by atomic mass is 9.54. The summed E-state index contributed by atoms with van der Waals surface area (Å²) in [4.78, 5) is 14.8. The quantitative estimate of drug-likeness (QED) is 0.844. The number of nitrogens with one attached hydrogen (secondary N) is 1. The summed E-state index contributed by atoms with van der Waals surface area (Å²) in [7, 11) is 4.04. The molecule has 1 fully saturated rings. The fraction of sp³-hybridized carbons (Fsp3) is 0.611. The fourth-order valence-corrected chi connectivity index (χ4v) is 3.18. The SMILES string of the molecule is CCOC1CC(N)(C(=O)Nc2cccc(CN(C)C)c2)C1(C)C. The van der Waals surface area contributed by atoms with Gasteiger partial charge in [-0.3, -0.25) is 4.79 Å². The third-order valence-electron chi connectivity index (χ3n) is 4.92. The van der Waals surface area contributed by atoms with Crippen molar-refractivity contribution < 1.29 is 9.53 Å². The van der Waals surface area contributed by atoms with Gasteiger partial charge in [-0.15, -0.1) is 0 Å². The van der Waals surface area contributed by atoms with Gasteiger partial charge in [0.15, 0.2) is 0 Å². The van der Waals surface area contributed by atoms with E-state index in [9.17, 15) is 4.79 Å². The maximum Gasteiger partial charge on any atom is 0.245 e. The highest BCUT2D eigenvalue weighted by Crippen LogP contribution is 2.50. The minimum atomic E-state index is -0.898. The topological polar surface area (TPSA) is 67.6 Å². The Morgan fingerprint density at radius 1 is 1.43 bits per heavy atom. The molecule has 1 aromatic rings. The molecule has 1 aliphatic carbocycles. The molecule has 5 heteroatoms. The largest absolute Gasteiger partial charge is 0.378 e. The Morgan fingerprint density at radius 3 is 2.70 bits per heavy atom. The zero-order chi connectivity index (χ0) is 17.3. The number of hydrogen-bond donors (Lipinski definition) is 2. The first-order valence-corrected chi connectivity index (χ1v) is 8.16. The number of carbonyl (C=O) groups is 1. The molecule has 1 aromatic carbocycles. The van der Waals surface area contributed by atoms with Gasteiger partial charge in [0.25, 0.3) is 0 Å². The number of hydrogen-bond acceptors (Lipinski definition) is 4. The van der Waals surface area contributed by atoms with Gasteiger partial charge >= 0.3 is 0 Å². The molecule has 1 saturated carbocycles. The van der Waals surface area contributed by atoms with Crippen LogP contribution in [-0.4, -0.2) is 43.2 Å². The Balaban J connectivity index is 2.08. The molecule has 0 heterocycles. The first-order chi connectivity index (χ1) is 10.7. The second-order valence-corrected chi connectivity index (χ2v) is 7.23. The van der Waals surface area contributed by atoms with Crippen molar-refractivity contribution in [3.8, 4) is 0 Å². The van der Waals surface area contributed by atoms with E-state index in [2.05, 4.69) is 10.2 Å². The van der Waals surface area contributed by atoms with Crippen LogP contribution >= 0.6 is 0 Å². The molecule has 1 amide bonds. The summed E-state index contributed by atoms with van der Waals surface area (Å²) in [5.74, 6) is -0.138. The highest BCUT2D eigenvalue weighted by Gasteiger charge is 2.62. The van der Waals surface area contributed by atoms with Crippen LogP contribution in [0.5, 0.6) is 0 Å². The van der Waals surface area contributed by atoms with E-state index in [0.717, 1.165) is 17.8 Å². The number of rotatable bonds is 6. The summed E-state index contributed by atoms with van der Waals surface area (Å²) >= 11 is 0. The van der Waals surface area contributed by atoms with Gasteiger partial charge in [0.05, 0.1) is 6.10 Å². The summed E-state index contributed by atoms with van der Waals surface area (Å²) < 4.78 is 5.69. The summed E-state index contributed by atoms with van der Waals surface area (Å²) in [5, 5.41) is 2.98. The molecule has 0 saturated heterocycles. The van der Waals surface area contributed by atoms with Gasteiger partial charge in [-0.2, -0.15) is 0 Å². The van der Waals surface area contributed by atoms with Crippen molar-refractivity contribution in [3.63, 3.8) is 0 Å². The molecule has 0 bridgehead atoms. The number of nitrogens with two attached hydrogens (primary N) is 1. The summed E-state index contributed by atoms with van der Waals surface area (Å²) in [5.41, 5.74) is 7.07. The number of benzene rings is 1. The third kappa shape index (κ3) is 3.42. The normalized spacial score (nSPS) is 26.0. The number of carbonyl (C=O) groups excluding carboxylic acids is 1. The van der Waals surface area contributed by atoms with Crippen molar-refractivity contribution in [2.45, 2.75) is 45.4 Å². The fourth-order valence-electron chi connectivity index (χ4n) is 3.18. The van der Waals surface area contributed by atoms with Gasteiger partial charge < -0.3 is 20.7 Å². The summed E-state index contributed by atoms with van der Waals surface area (Å²) in [6.45, 7) is 7.43. The second kappa shape index (κ2) is 6.59. The zero-order valence-corrected chi connectivity index (χ0v) is 14.8. The van der Waals surface area contributed by atoms with Gasteiger partial charge in [-0.1, -0.05) is 26.0 Å². The first kappa shape index (κ1) is 17.9. The van der Waals surface area contributed by atoms with Crippen molar-refractivity contribution >= 4 is 11.6 Å². The van der Waals surface area contributed by atoms with E-state index in [1.807, 2.05) is 59.1 Å². The minimum absolute atomic E-state index is 0.0309. The van der Waals surface area contributed by atoms with E-state index in [1.54, 1.807) is 0 Å². The minimum Gasteiger partial charge on any atom is -0.378 e. The molecule has 0 aromatic heterocycles. The van der Waals surface area contributed by atoms with Gasteiger partial charge in [-0.05, 0) is 38.7 Å². The molecule has 0 radical (unpaired) electrons. The van der Waals surface area contributed by atoms with Crippen LogP contribution in [0, 0.1) is 5.41 Å². The summed E-state index contributed by atoms with van der Waals surface area (Å²) in [6, 6.07) is 7.89. The van der Waals surface area contributed by atoms with Crippen LogP contribution in [0.1, 0.15) is 32.8 Å². The van der Waals surface area contributed by atoms with E-state index in [-0.39, 0.29) is 17.4 Å². The Bertz CT molecular complexity index is 571. The number of amides is 1. The molecule has 2 rings (SSSR count). The number of nitrogens with zero attached hydrogens (tertiary/aromatic N) is 1. The molecule has 5 nitrogen and oxygen atoms in total. The maximum atomic E-state index is 12.7. The maximum absolute atomic E-state index is 12.7. The summed E-state index contributed by atoms with van der Waals surface area (Å²) in [6.07, 6.45) is 0.583. The van der Waals surface area contributed by atoms with Crippen LogP contribution < -0.4 is 11.1 Å². The Labute approximate surface area is 139 Å². The van der Waals surface area contributed by atoms with Gasteiger partial charge in [0.1, 0.15) is 5.54 Å². The van der Waals surface area contributed by atoms with Crippen LogP contribution in [0.25, 0.3) is 0 Å². The van der Waals surface area contributed by atoms with Crippen LogP contribution in [0.4, 0.5) is 5.69 Å². The second-order valence-electron chi connectivity index (χ2n) is 7.23. The standard InChI is InChI=1S/C18H29N3O2/c1-6-23-15-11-18(19,17(15,2)3)16(22)20-14-9-7-8-13(10-14)12-21(4)5/h7-10,15H,6,11-12,19H2,1-5H3,(H,20,22). The van der Waals surface area contributed by atoms with Gasteiger partial charge in [0.2, 0.25) is 5.91 Å². The average Bonchev–Trinajstić information content (AvgIpc) is 2.46. The zero-order valence-electron chi connectivity index (χ0n) is 14.8. The van der Waals surface area contributed by atoms with E-state index in [0.29, 0.717) is 13.0 Å². The lowest BCUT2D eigenvalue weighted by molar-refractivity contribution is -0.166. The highest BCUT2D eigenvalue weighted by atomic mass is 16.5. The molecule has 0 aliphatic heterocycles. The molecule has 128 valence electrons. The van der Waals surface area contributed by atoms with Crippen molar-refractivity contribution in [2.75, 3.05) is 26.0 Å². The Hall–Kier alpha value is -1.43. The van der Waals surface area contributed by atoms with Crippen molar-refractivity contribution in [3.05, 3.63) is 29.8 Å². The van der Waals surface area contributed by atoms with Gasteiger partial charge in [-0.25, -0.2) is 0 Å². The third-order valence-corrected chi connectivity index (χ3v) is 4.92. The monoisotopic (exact) mass is 319 g/mol.